The van der Waals surface area contributed by atoms with Crippen LogP contribution in [0.2, 0.25) is 0 Å². The fraction of sp³-hybridized carbons (Fsp3) is 0.318. The second-order valence-electron chi connectivity index (χ2n) is 6.61. The summed E-state index contributed by atoms with van der Waals surface area (Å²) >= 11 is 0. The molecule has 2 aromatic carbocycles. The predicted octanol–water partition coefficient (Wildman–Crippen LogP) is 3.04. The second-order valence-corrected chi connectivity index (χ2v) is 6.61. The van der Waals surface area contributed by atoms with E-state index in [4.69, 9.17) is 4.74 Å². The lowest BCUT2D eigenvalue weighted by Crippen LogP contribution is -2.44. The Bertz CT molecular complexity index is 788. The number of likely N-dealkylation sites (tertiary alicyclic amines) is 1. The van der Waals surface area contributed by atoms with E-state index in [1.54, 1.807) is 30.3 Å². The maximum Gasteiger partial charge on any atom is 0.328 e. The molecule has 0 aliphatic carbocycles. The number of rotatable bonds is 7. The molecule has 0 bridgehead atoms. The molecule has 1 fully saturated rings. The zero-order valence-corrected chi connectivity index (χ0v) is 15.2. The first-order valence-corrected chi connectivity index (χ1v) is 9.28. The summed E-state index contributed by atoms with van der Waals surface area (Å²) in [7, 11) is 0. The lowest BCUT2D eigenvalue weighted by Gasteiger charge is -2.22. The molecule has 5 heteroatoms. The molecule has 1 aliphatic rings. The summed E-state index contributed by atoms with van der Waals surface area (Å²) in [4.78, 5) is 38.7. The summed E-state index contributed by atoms with van der Waals surface area (Å²) in [6.07, 6.45) is 2.77. The summed E-state index contributed by atoms with van der Waals surface area (Å²) < 4.78 is 5.37. The van der Waals surface area contributed by atoms with E-state index in [1.165, 1.54) is 10.5 Å². The van der Waals surface area contributed by atoms with Crippen LogP contribution in [0.15, 0.2) is 60.7 Å². The molecule has 140 valence electrons. The molecular weight excluding hydrogens is 342 g/mol. The predicted molar refractivity (Wildman–Crippen MR) is 101 cm³/mol. The smallest absolute Gasteiger partial charge is 0.328 e. The number of esters is 1. The summed E-state index contributed by atoms with van der Waals surface area (Å²) in [5.74, 6) is -1.64. The summed E-state index contributed by atoms with van der Waals surface area (Å²) in [5.41, 5.74) is 1.53. The molecule has 1 atom stereocenters. The first kappa shape index (κ1) is 18.8. The molecule has 1 saturated heterocycles. The number of hydrogen-bond acceptors (Lipinski definition) is 4. The van der Waals surface area contributed by atoms with Crippen molar-refractivity contribution in [3.8, 4) is 0 Å². The molecule has 3 rings (SSSR count). The van der Waals surface area contributed by atoms with Gasteiger partial charge in [0.1, 0.15) is 6.04 Å². The molecule has 0 N–H and O–H groups in total. The number of nitrogens with zero attached hydrogens (tertiary/aromatic N) is 1. The zero-order chi connectivity index (χ0) is 19.1. The van der Waals surface area contributed by atoms with Crippen molar-refractivity contribution < 1.29 is 19.1 Å². The first-order chi connectivity index (χ1) is 13.2. The Labute approximate surface area is 158 Å². The second kappa shape index (κ2) is 9.12. The van der Waals surface area contributed by atoms with Crippen LogP contribution in [0, 0.1) is 0 Å². The van der Waals surface area contributed by atoms with Crippen LogP contribution in [0.5, 0.6) is 0 Å². The number of ether oxygens (including phenoxy) is 1. The van der Waals surface area contributed by atoms with E-state index in [1.807, 2.05) is 30.3 Å². The zero-order valence-electron chi connectivity index (χ0n) is 15.2. The molecule has 0 spiro atoms. The van der Waals surface area contributed by atoms with Gasteiger partial charge in [-0.2, -0.15) is 0 Å². The van der Waals surface area contributed by atoms with Gasteiger partial charge in [-0.15, -0.1) is 0 Å². The van der Waals surface area contributed by atoms with Crippen molar-refractivity contribution in [2.45, 2.75) is 31.7 Å². The molecule has 0 saturated carbocycles. The molecule has 1 heterocycles. The molecule has 0 radical (unpaired) electrons. The minimum absolute atomic E-state index is 0.304. The van der Waals surface area contributed by atoms with Gasteiger partial charge in [0, 0.05) is 12.1 Å². The Kier molecular flexibility index (Phi) is 6.36. The average molecular weight is 365 g/mol. The minimum atomic E-state index is -0.665. The number of ketones is 1. The fourth-order valence-corrected chi connectivity index (χ4v) is 3.29. The normalized spacial score (nSPS) is 16.1. The van der Waals surface area contributed by atoms with Gasteiger partial charge < -0.3 is 9.64 Å². The van der Waals surface area contributed by atoms with Gasteiger partial charge in [-0.05, 0) is 31.2 Å². The highest BCUT2D eigenvalue weighted by molar-refractivity contribution is 6.43. The number of Topliss-reactive ketones (excluding diaryl/α,β-unsaturated/α-hetero) is 1. The highest BCUT2D eigenvalue weighted by Gasteiger charge is 2.37. The van der Waals surface area contributed by atoms with E-state index in [2.05, 4.69) is 0 Å². The van der Waals surface area contributed by atoms with Crippen LogP contribution >= 0.6 is 0 Å². The Morgan fingerprint density at radius 1 is 0.963 bits per heavy atom. The lowest BCUT2D eigenvalue weighted by molar-refractivity contribution is -0.152. The van der Waals surface area contributed by atoms with Crippen molar-refractivity contribution >= 4 is 17.7 Å². The van der Waals surface area contributed by atoms with Crippen LogP contribution in [-0.2, 0) is 20.7 Å². The molecule has 1 aliphatic heterocycles. The van der Waals surface area contributed by atoms with Crippen LogP contribution in [0.25, 0.3) is 0 Å². The summed E-state index contributed by atoms with van der Waals surface area (Å²) in [5, 5.41) is 0. The van der Waals surface area contributed by atoms with Gasteiger partial charge in [-0.1, -0.05) is 60.7 Å². The number of amides is 1. The van der Waals surface area contributed by atoms with Crippen LogP contribution in [-0.4, -0.2) is 41.8 Å². The van der Waals surface area contributed by atoms with Crippen molar-refractivity contribution in [2.75, 3.05) is 13.2 Å². The lowest BCUT2D eigenvalue weighted by atomic mass is 10.1. The topological polar surface area (TPSA) is 63.7 Å². The van der Waals surface area contributed by atoms with Gasteiger partial charge >= 0.3 is 5.97 Å². The van der Waals surface area contributed by atoms with Crippen molar-refractivity contribution in [3.05, 3.63) is 71.8 Å². The molecule has 1 amide bonds. The van der Waals surface area contributed by atoms with E-state index >= 15 is 0 Å². The highest BCUT2D eigenvalue weighted by Crippen LogP contribution is 2.20. The fourth-order valence-electron chi connectivity index (χ4n) is 3.29. The van der Waals surface area contributed by atoms with Crippen LogP contribution in [0.1, 0.15) is 35.2 Å². The van der Waals surface area contributed by atoms with Crippen LogP contribution in [0.3, 0.4) is 0 Å². The monoisotopic (exact) mass is 365 g/mol. The first-order valence-electron chi connectivity index (χ1n) is 9.28. The SMILES string of the molecule is O=C(C(=O)N1CCC[C@H]1C(=O)OCCCc1ccccc1)c1ccccc1. The maximum absolute atomic E-state index is 12.5. The number of carbonyl (C=O) groups is 3. The van der Waals surface area contributed by atoms with E-state index in [0.717, 1.165) is 12.8 Å². The third-order valence-corrected chi connectivity index (χ3v) is 4.71. The van der Waals surface area contributed by atoms with E-state index in [9.17, 15) is 14.4 Å². The van der Waals surface area contributed by atoms with Gasteiger partial charge in [0.25, 0.3) is 5.91 Å². The Morgan fingerprint density at radius 2 is 1.63 bits per heavy atom. The van der Waals surface area contributed by atoms with Crippen LogP contribution in [0.4, 0.5) is 0 Å². The van der Waals surface area contributed by atoms with Gasteiger partial charge in [0.05, 0.1) is 6.61 Å². The molecule has 27 heavy (non-hydrogen) atoms. The molecule has 2 aromatic rings. The third-order valence-electron chi connectivity index (χ3n) is 4.71. The summed E-state index contributed by atoms with van der Waals surface area (Å²) in [6.45, 7) is 0.708. The number of benzene rings is 2. The third kappa shape index (κ3) is 4.82. The van der Waals surface area contributed by atoms with Crippen LogP contribution < -0.4 is 0 Å². The Hall–Kier alpha value is -2.95. The van der Waals surface area contributed by atoms with Crippen molar-refractivity contribution in [1.82, 2.24) is 4.90 Å². The number of hydrogen-bond donors (Lipinski definition) is 0. The Balaban J connectivity index is 1.51. The average Bonchev–Trinajstić information content (AvgIpc) is 3.21. The van der Waals surface area contributed by atoms with E-state index in [0.29, 0.717) is 31.6 Å². The number of carbonyl (C=O) groups excluding carboxylic acids is 3. The van der Waals surface area contributed by atoms with Crippen molar-refractivity contribution in [2.24, 2.45) is 0 Å². The standard InChI is InChI=1S/C22H23NO4/c24-20(18-12-5-2-6-13-18)21(25)23-15-7-14-19(23)22(26)27-16-8-11-17-9-3-1-4-10-17/h1-6,9-10,12-13,19H,7-8,11,14-16H2/t19-/m0/s1. The Morgan fingerprint density at radius 3 is 2.33 bits per heavy atom. The molecule has 0 aromatic heterocycles. The van der Waals surface area contributed by atoms with Gasteiger partial charge in [-0.3, -0.25) is 9.59 Å². The largest absolute Gasteiger partial charge is 0.464 e. The maximum atomic E-state index is 12.5. The quantitative estimate of drug-likeness (QED) is 0.327. The van der Waals surface area contributed by atoms with Gasteiger partial charge in [-0.25, -0.2) is 4.79 Å². The van der Waals surface area contributed by atoms with Gasteiger partial charge in [0.15, 0.2) is 0 Å². The van der Waals surface area contributed by atoms with E-state index in [-0.39, 0.29) is 0 Å². The molecular formula is C22H23NO4. The van der Waals surface area contributed by atoms with Gasteiger partial charge in [0.2, 0.25) is 5.78 Å². The van der Waals surface area contributed by atoms with Crippen molar-refractivity contribution in [1.29, 1.82) is 0 Å². The highest BCUT2D eigenvalue weighted by atomic mass is 16.5. The van der Waals surface area contributed by atoms with E-state index < -0.39 is 23.7 Å². The summed E-state index contributed by atoms with van der Waals surface area (Å²) in [6, 6.07) is 17.7. The number of aryl methyl sites for hydroxylation is 1. The molecule has 5 nitrogen and oxygen atoms in total. The molecule has 0 unspecified atom stereocenters. The van der Waals surface area contributed by atoms with Crippen molar-refractivity contribution in [3.63, 3.8) is 0 Å². The minimum Gasteiger partial charge on any atom is -0.464 e.